The van der Waals surface area contributed by atoms with E-state index in [1.54, 1.807) is 0 Å². The van der Waals surface area contributed by atoms with Gasteiger partial charge in [-0.15, -0.1) is 0 Å². The minimum Gasteiger partial charge on any atom is -0.480 e. The summed E-state index contributed by atoms with van der Waals surface area (Å²) in [5, 5.41) is 18.3. The van der Waals surface area contributed by atoms with Gasteiger partial charge in [-0.05, 0) is 6.42 Å². The number of carbonyl (C=O) groups is 2. The zero-order valence-electron chi connectivity index (χ0n) is 12.7. The predicted molar refractivity (Wildman–Crippen MR) is 83.4 cm³/mol. The maximum atomic E-state index is 10.6. The van der Waals surface area contributed by atoms with Crippen molar-refractivity contribution in [1.82, 2.24) is 17.6 Å². The van der Waals surface area contributed by atoms with Crippen LogP contribution < -0.4 is 23.4 Å². The summed E-state index contributed by atoms with van der Waals surface area (Å²) in [7, 11) is -7.20. The van der Waals surface area contributed by atoms with Gasteiger partial charge in [-0.25, -0.2) is 0 Å². The smallest absolute Gasteiger partial charge is 0.339 e. The Morgan fingerprint density at radius 1 is 1.13 bits per heavy atom. The molecule has 142 valence electrons. The average Bonchev–Trinajstić information content (AvgIpc) is 2.23. The fourth-order valence-corrected chi connectivity index (χ4v) is 1.97. The molecule has 2 unspecified atom stereocenters. The highest BCUT2D eigenvalue weighted by molar-refractivity contribution is 7.57. The second-order valence-corrected chi connectivity index (χ2v) is 8.35. The van der Waals surface area contributed by atoms with Crippen LogP contribution in [0.15, 0.2) is 0 Å². The zero-order valence-corrected chi connectivity index (χ0v) is 14.4. The van der Waals surface area contributed by atoms with Gasteiger partial charge in [0, 0.05) is 12.8 Å². The first-order chi connectivity index (χ1) is 9.24. The van der Waals surface area contributed by atoms with Crippen molar-refractivity contribution in [2.45, 2.75) is 12.5 Å². The third-order valence-electron chi connectivity index (χ3n) is 1.77. The summed E-state index contributed by atoms with van der Waals surface area (Å²) in [5.41, 5.74) is 5.09. The van der Waals surface area contributed by atoms with Crippen molar-refractivity contribution in [3.05, 3.63) is 0 Å². The first-order valence-electron chi connectivity index (χ1n) is 5.49. The highest BCUT2D eigenvalue weighted by atomic mass is 31.2. The van der Waals surface area contributed by atoms with E-state index < -0.39 is 45.8 Å². The van der Waals surface area contributed by atoms with Crippen LogP contribution in [-0.2, 0) is 18.7 Å². The number of hydrogen-bond acceptors (Lipinski definition) is 8. The molecule has 0 aliphatic rings. The summed E-state index contributed by atoms with van der Waals surface area (Å²) in [6, 6.07) is -1.03. The van der Waals surface area contributed by atoms with Gasteiger partial charge in [-0.1, -0.05) is 0 Å². The minimum absolute atomic E-state index is 0. The van der Waals surface area contributed by atoms with Crippen LogP contribution in [0.5, 0.6) is 0 Å². The number of aliphatic carboxylic acids is 2. The van der Waals surface area contributed by atoms with Crippen LogP contribution in [0.2, 0.25) is 0 Å². The van der Waals surface area contributed by atoms with Crippen molar-refractivity contribution in [3.63, 3.8) is 0 Å². The van der Waals surface area contributed by atoms with Crippen molar-refractivity contribution >= 4 is 26.9 Å². The molecule has 0 saturated carbocycles. The Hall–Kier alpha value is -0.880. The van der Waals surface area contributed by atoms with E-state index in [0.29, 0.717) is 0 Å². The molecule has 0 heterocycles. The van der Waals surface area contributed by atoms with Crippen LogP contribution in [0.4, 0.5) is 0 Å². The molecule has 15 heteroatoms. The van der Waals surface area contributed by atoms with E-state index in [1.165, 1.54) is 6.66 Å². The number of nitrogens with two attached hydrogens (primary N) is 1. The molecule has 0 amide bonds. The van der Waals surface area contributed by atoms with Gasteiger partial charge in [0.15, 0.2) is 7.37 Å². The summed E-state index contributed by atoms with van der Waals surface area (Å²) < 4.78 is 20.7. The van der Waals surface area contributed by atoms with E-state index in [0.717, 1.165) is 0 Å². The number of carboxylic acids is 2. The molecule has 2 atom stereocenters. The fourth-order valence-electron chi connectivity index (χ4n) is 0.811. The molecule has 0 aliphatic heterocycles. The molecule has 0 fully saturated rings. The zero-order chi connectivity index (χ0) is 17.3. The average molecular weight is 384 g/mol. The number of nitrogens with one attached hydrogen (secondary N) is 1. The molecule has 0 radical (unpaired) electrons. The summed E-state index contributed by atoms with van der Waals surface area (Å²) in [6.45, 7) is 0.743. The lowest BCUT2D eigenvalue weighted by molar-refractivity contribution is -0.138. The fraction of sp³-hybridized carbons (Fsp3) is 0.750. The van der Waals surface area contributed by atoms with Crippen LogP contribution in [0.25, 0.3) is 0 Å². The molecule has 0 aliphatic carbocycles. The largest absolute Gasteiger partial charge is 0.480 e. The second kappa shape index (κ2) is 13.5. The third kappa shape index (κ3) is 29.7. The second-order valence-electron chi connectivity index (χ2n) is 4.15. The Morgan fingerprint density at radius 3 is 1.83 bits per heavy atom. The van der Waals surface area contributed by atoms with Crippen molar-refractivity contribution in [3.8, 4) is 0 Å². The van der Waals surface area contributed by atoms with Crippen LogP contribution in [-0.4, -0.2) is 68.5 Å². The lowest BCUT2D eigenvalue weighted by Crippen LogP contribution is -2.30. The SMILES string of the molecule is CP(=O)(O)CCC(N)C(=O)O.N.N.O=C(O)CNCP(=O)(O)O. The van der Waals surface area contributed by atoms with Crippen LogP contribution in [0.3, 0.4) is 0 Å². The molecule has 0 saturated heterocycles. The first-order valence-corrected chi connectivity index (χ1v) is 9.58. The van der Waals surface area contributed by atoms with Crippen LogP contribution in [0.1, 0.15) is 6.42 Å². The van der Waals surface area contributed by atoms with E-state index in [1.807, 2.05) is 0 Å². The summed E-state index contributed by atoms with van der Waals surface area (Å²) >= 11 is 0. The summed E-state index contributed by atoms with van der Waals surface area (Å²) in [5.74, 6) is -2.29. The highest BCUT2D eigenvalue weighted by Gasteiger charge is 2.16. The summed E-state index contributed by atoms with van der Waals surface area (Å²) in [6.07, 6.45) is -0.598. The Morgan fingerprint density at radius 2 is 1.57 bits per heavy atom. The molecular formula is C8H26N4O9P2. The van der Waals surface area contributed by atoms with Gasteiger partial charge in [0.2, 0.25) is 0 Å². The number of rotatable bonds is 8. The van der Waals surface area contributed by atoms with Crippen LogP contribution in [0, 0.1) is 0 Å². The quantitative estimate of drug-likeness (QED) is 0.223. The van der Waals surface area contributed by atoms with Crippen molar-refractivity contribution in [1.29, 1.82) is 0 Å². The lowest BCUT2D eigenvalue weighted by Gasteiger charge is -2.07. The maximum absolute atomic E-state index is 10.6. The minimum atomic E-state index is -4.10. The highest BCUT2D eigenvalue weighted by Crippen LogP contribution is 2.35. The van der Waals surface area contributed by atoms with E-state index in [9.17, 15) is 18.7 Å². The molecule has 0 aromatic carbocycles. The molecule has 14 N–H and O–H groups in total. The van der Waals surface area contributed by atoms with Crippen molar-refractivity contribution in [2.24, 2.45) is 5.73 Å². The normalized spacial score (nSPS) is 14.0. The Kier molecular flexibility index (Phi) is 17.7. The molecule has 0 spiro atoms. The Bertz CT molecular complexity index is 435. The molecule has 13 nitrogen and oxygen atoms in total. The number of hydrogen-bond donors (Lipinski definition) is 9. The van der Waals surface area contributed by atoms with Gasteiger partial charge in [-0.2, -0.15) is 0 Å². The van der Waals surface area contributed by atoms with Gasteiger partial charge in [-0.3, -0.25) is 24.0 Å². The topological polar surface area (TPSA) is 277 Å². The van der Waals surface area contributed by atoms with Crippen LogP contribution >= 0.6 is 15.0 Å². The predicted octanol–water partition coefficient (Wildman–Crippen LogP) is -1.19. The monoisotopic (exact) mass is 384 g/mol. The van der Waals surface area contributed by atoms with E-state index >= 15 is 0 Å². The maximum Gasteiger partial charge on any atom is 0.339 e. The Labute approximate surface area is 133 Å². The number of carboxylic acid groups (broad SMARTS) is 2. The van der Waals surface area contributed by atoms with E-state index in [4.69, 9.17) is 30.6 Å². The summed E-state index contributed by atoms with van der Waals surface area (Å²) in [4.78, 5) is 45.0. The molecule has 0 rings (SSSR count). The molecule has 0 bridgehead atoms. The van der Waals surface area contributed by atoms with Crippen molar-refractivity contribution in [2.75, 3.05) is 25.7 Å². The first kappa shape index (κ1) is 30.1. The molecule has 0 aromatic heterocycles. The van der Waals surface area contributed by atoms with Gasteiger partial charge < -0.3 is 42.9 Å². The van der Waals surface area contributed by atoms with Gasteiger partial charge in [0.05, 0.1) is 12.8 Å². The molecular weight excluding hydrogens is 358 g/mol. The standard InChI is InChI=1S/C5H12NO4P.C3H8NO5P.2H3N/c1-11(9,10)3-2-4(6)5(7)8;5-3(6)1-4-2-10(7,8)9;;/h4H,2-3,6H2,1H3,(H,7,8)(H,9,10);4H,1-2H2,(H,5,6)(H2,7,8,9);2*1H3. The van der Waals surface area contributed by atoms with E-state index in [-0.39, 0.29) is 24.9 Å². The molecule has 23 heavy (non-hydrogen) atoms. The van der Waals surface area contributed by atoms with Gasteiger partial charge in [0.25, 0.3) is 0 Å². The van der Waals surface area contributed by atoms with Gasteiger partial charge >= 0.3 is 19.5 Å². The lowest BCUT2D eigenvalue weighted by atomic mass is 10.2. The van der Waals surface area contributed by atoms with E-state index in [2.05, 4.69) is 5.32 Å². The molecule has 0 aromatic rings. The van der Waals surface area contributed by atoms with Crippen molar-refractivity contribution < 1.29 is 43.6 Å². The third-order valence-corrected chi connectivity index (χ3v) is 3.49. The Balaban J connectivity index is -0.000000145. The van der Waals surface area contributed by atoms with Gasteiger partial charge in [0.1, 0.15) is 6.04 Å².